The molecule has 2 nitrogen and oxygen atoms in total. The van der Waals surface area contributed by atoms with Crippen LogP contribution in [-0.2, 0) is 0 Å². The van der Waals surface area contributed by atoms with Crippen molar-refractivity contribution in [1.29, 1.82) is 0 Å². The molecule has 1 aromatic carbocycles. The van der Waals surface area contributed by atoms with Crippen molar-refractivity contribution in [3.05, 3.63) is 59.3 Å². The first-order valence-corrected chi connectivity index (χ1v) is 6.14. The highest BCUT2D eigenvalue weighted by atomic mass is 19.1. The van der Waals surface area contributed by atoms with E-state index in [0.717, 1.165) is 11.5 Å². The van der Waals surface area contributed by atoms with Gasteiger partial charge in [0, 0.05) is 11.6 Å². The lowest BCUT2D eigenvalue weighted by Crippen LogP contribution is -2.22. The Labute approximate surface area is 107 Å². The second-order valence-electron chi connectivity index (χ2n) is 4.58. The molecule has 0 saturated carbocycles. The van der Waals surface area contributed by atoms with Gasteiger partial charge in [-0.25, -0.2) is 4.39 Å². The van der Waals surface area contributed by atoms with Crippen LogP contribution in [-0.4, -0.2) is 0 Å². The molecule has 2 atom stereocenters. The van der Waals surface area contributed by atoms with Crippen LogP contribution in [0.15, 0.2) is 40.8 Å². The second kappa shape index (κ2) is 5.36. The molecule has 0 fully saturated rings. The van der Waals surface area contributed by atoms with E-state index >= 15 is 0 Å². The minimum atomic E-state index is -0.180. The summed E-state index contributed by atoms with van der Waals surface area (Å²) in [5, 5.41) is 3.33. The summed E-state index contributed by atoms with van der Waals surface area (Å²) in [7, 11) is 0. The molecule has 0 aliphatic carbocycles. The number of benzene rings is 1. The predicted molar refractivity (Wildman–Crippen MR) is 69.8 cm³/mol. The van der Waals surface area contributed by atoms with Crippen molar-refractivity contribution in [2.45, 2.75) is 32.9 Å². The molecule has 18 heavy (non-hydrogen) atoms. The molecule has 2 rings (SSSR count). The summed E-state index contributed by atoms with van der Waals surface area (Å²) in [5.41, 5.74) is 0.674. The van der Waals surface area contributed by atoms with Crippen LogP contribution in [0.4, 0.5) is 4.39 Å². The molecule has 1 N–H and O–H groups in total. The summed E-state index contributed by atoms with van der Waals surface area (Å²) in [6.45, 7) is 5.87. The molecule has 3 heteroatoms. The molecule has 1 unspecified atom stereocenters. The fourth-order valence-electron chi connectivity index (χ4n) is 2.06. The van der Waals surface area contributed by atoms with E-state index < -0.39 is 0 Å². The summed E-state index contributed by atoms with van der Waals surface area (Å²) in [6, 6.07) is 10.7. The number of rotatable bonds is 4. The van der Waals surface area contributed by atoms with E-state index in [4.69, 9.17) is 4.42 Å². The summed E-state index contributed by atoms with van der Waals surface area (Å²) in [4.78, 5) is 0. The summed E-state index contributed by atoms with van der Waals surface area (Å²) in [5.74, 6) is 1.58. The van der Waals surface area contributed by atoms with Crippen LogP contribution in [0.5, 0.6) is 0 Å². The maximum atomic E-state index is 13.6. The largest absolute Gasteiger partial charge is 0.465 e. The normalized spacial score (nSPS) is 14.4. The molecule has 1 aromatic heterocycles. The predicted octanol–water partition coefficient (Wildman–Crippen LogP) is 4.14. The standard InChI is InChI=1S/C15H18FNO/c1-10-8-9-15(18-10)12(3)17-11(2)13-6-4-5-7-14(13)16/h4-9,11-12,17H,1-3H3/t11-,12?/m1/s1. The Balaban J connectivity index is 2.08. The molecule has 0 saturated heterocycles. The van der Waals surface area contributed by atoms with Crippen molar-refractivity contribution < 1.29 is 8.81 Å². The van der Waals surface area contributed by atoms with E-state index in [-0.39, 0.29) is 17.9 Å². The fourth-order valence-corrected chi connectivity index (χ4v) is 2.06. The van der Waals surface area contributed by atoms with Crippen LogP contribution in [0.25, 0.3) is 0 Å². The van der Waals surface area contributed by atoms with Gasteiger partial charge in [-0.1, -0.05) is 18.2 Å². The molecule has 2 aromatic rings. The molecular weight excluding hydrogens is 229 g/mol. The van der Waals surface area contributed by atoms with E-state index in [2.05, 4.69) is 5.32 Å². The van der Waals surface area contributed by atoms with Gasteiger partial charge in [-0.15, -0.1) is 0 Å². The third kappa shape index (κ3) is 2.79. The SMILES string of the molecule is Cc1ccc(C(C)N[C@H](C)c2ccccc2F)o1. The van der Waals surface area contributed by atoms with Crippen molar-refractivity contribution in [2.75, 3.05) is 0 Å². The van der Waals surface area contributed by atoms with Gasteiger partial charge in [0.2, 0.25) is 0 Å². The third-order valence-electron chi connectivity index (χ3n) is 3.06. The van der Waals surface area contributed by atoms with Gasteiger partial charge in [0.05, 0.1) is 6.04 Å². The lowest BCUT2D eigenvalue weighted by molar-refractivity contribution is 0.388. The molecule has 0 bridgehead atoms. The van der Waals surface area contributed by atoms with Crippen molar-refractivity contribution in [2.24, 2.45) is 0 Å². The number of nitrogens with one attached hydrogen (secondary N) is 1. The highest BCUT2D eigenvalue weighted by Crippen LogP contribution is 2.22. The van der Waals surface area contributed by atoms with Gasteiger partial charge in [0.1, 0.15) is 17.3 Å². The second-order valence-corrected chi connectivity index (χ2v) is 4.58. The maximum Gasteiger partial charge on any atom is 0.127 e. The number of aryl methyl sites for hydroxylation is 1. The zero-order valence-electron chi connectivity index (χ0n) is 10.9. The van der Waals surface area contributed by atoms with Crippen molar-refractivity contribution in [3.8, 4) is 0 Å². The molecule has 1 heterocycles. The number of hydrogen-bond donors (Lipinski definition) is 1. The Bertz CT molecular complexity index is 521. The van der Waals surface area contributed by atoms with E-state index in [1.807, 2.05) is 39.0 Å². The Morgan fingerprint density at radius 1 is 1.06 bits per heavy atom. The van der Waals surface area contributed by atoms with Crippen LogP contribution in [0, 0.1) is 12.7 Å². The molecule has 96 valence electrons. The van der Waals surface area contributed by atoms with E-state index in [9.17, 15) is 4.39 Å². The first-order valence-electron chi connectivity index (χ1n) is 6.14. The Kier molecular flexibility index (Phi) is 3.82. The van der Waals surface area contributed by atoms with Crippen molar-refractivity contribution in [1.82, 2.24) is 5.32 Å². The van der Waals surface area contributed by atoms with E-state index in [0.29, 0.717) is 5.56 Å². The van der Waals surface area contributed by atoms with Crippen LogP contribution in [0.1, 0.15) is 43.0 Å². The molecule has 0 aliphatic rings. The van der Waals surface area contributed by atoms with E-state index in [1.165, 1.54) is 6.07 Å². The highest BCUT2D eigenvalue weighted by Gasteiger charge is 2.15. The van der Waals surface area contributed by atoms with Gasteiger partial charge < -0.3 is 9.73 Å². The molecule has 0 amide bonds. The Morgan fingerprint density at radius 3 is 2.39 bits per heavy atom. The van der Waals surface area contributed by atoms with Gasteiger partial charge in [-0.2, -0.15) is 0 Å². The molecule has 0 aliphatic heterocycles. The first-order chi connectivity index (χ1) is 8.58. The third-order valence-corrected chi connectivity index (χ3v) is 3.06. The zero-order chi connectivity index (χ0) is 13.1. The minimum absolute atomic E-state index is 0.0494. The number of furan rings is 1. The summed E-state index contributed by atoms with van der Waals surface area (Å²) in [6.07, 6.45) is 0. The van der Waals surface area contributed by atoms with Crippen LogP contribution < -0.4 is 5.32 Å². The first kappa shape index (κ1) is 12.8. The average molecular weight is 247 g/mol. The molecule has 0 radical (unpaired) electrons. The van der Waals surface area contributed by atoms with Gasteiger partial charge in [-0.3, -0.25) is 0 Å². The topological polar surface area (TPSA) is 25.2 Å². The zero-order valence-corrected chi connectivity index (χ0v) is 10.9. The monoisotopic (exact) mass is 247 g/mol. The van der Waals surface area contributed by atoms with Gasteiger partial charge >= 0.3 is 0 Å². The minimum Gasteiger partial charge on any atom is -0.465 e. The van der Waals surface area contributed by atoms with Gasteiger partial charge in [0.25, 0.3) is 0 Å². The summed E-state index contributed by atoms with van der Waals surface area (Å²) < 4.78 is 19.2. The van der Waals surface area contributed by atoms with E-state index in [1.54, 1.807) is 12.1 Å². The van der Waals surface area contributed by atoms with Crippen molar-refractivity contribution >= 4 is 0 Å². The molecular formula is C15H18FNO. The highest BCUT2D eigenvalue weighted by molar-refractivity contribution is 5.21. The summed E-state index contributed by atoms with van der Waals surface area (Å²) >= 11 is 0. The van der Waals surface area contributed by atoms with Gasteiger partial charge in [0.15, 0.2) is 0 Å². The number of halogens is 1. The average Bonchev–Trinajstić information content (AvgIpc) is 2.76. The molecule has 0 spiro atoms. The quantitative estimate of drug-likeness (QED) is 0.878. The Hall–Kier alpha value is -1.61. The van der Waals surface area contributed by atoms with Gasteiger partial charge in [-0.05, 0) is 39.0 Å². The lowest BCUT2D eigenvalue weighted by atomic mass is 10.1. The fraction of sp³-hybridized carbons (Fsp3) is 0.333. The Morgan fingerprint density at radius 2 is 1.78 bits per heavy atom. The van der Waals surface area contributed by atoms with Crippen LogP contribution in [0.2, 0.25) is 0 Å². The van der Waals surface area contributed by atoms with Crippen LogP contribution >= 0.6 is 0 Å². The lowest BCUT2D eigenvalue weighted by Gasteiger charge is -2.19. The van der Waals surface area contributed by atoms with Crippen LogP contribution in [0.3, 0.4) is 0 Å². The van der Waals surface area contributed by atoms with Crippen molar-refractivity contribution in [3.63, 3.8) is 0 Å². The smallest absolute Gasteiger partial charge is 0.127 e. The maximum absolute atomic E-state index is 13.6. The number of hydrogen-bond acceptors (Lipinski definition) is 2.